The SMILES string of the molecule is CCOc1ccc(-c2nnc(S[C@@H](C)C(=O)N3CCc4ccccc4C3)o2)cc1. The Hall–Kier alpha value is -2.80. The quantitative estimate of drug-likeness (QED) is 0.569. The highest BCUT2D eigenvalue weighted by Gasteiger charge is 2.26. The molecule has 3 aromatic rings. The number of fused-ring (bicyclic) bond motifs is 1. The molecule has 4 rings (SSSR count). The van der Waals surface area contributed by atoms with E-state index in [9.17, 15) is 4.79 Å². The number of hydrogen-bond acceptors (Lipinski definition) is 6. The summed E-state index contributed by atoms with van der Waals surface area (Å²) in [5, 5.41) is 8.31. The molecule has 0 N–H and O–H groups in total. The summed E-state index contributed by atoms with van der Waals surface area (Å²) in [5.74, 6) is 1.32. The first kappa shape index (κ1) is 19.5. The van der Waals surface area contributed by atoms with Gasteiger partial charge in [-0.05, 0) is 55.7 Å². The molecule has 2 heterocycles. The summed E-state index contributed by atoms with van der Waals surface area (Å²) >= 11 is 1.30. The van der Waals surface area contributed by atoms with Crippen molar-refractivity contribution in [3.63, 3.8) is 0 Å². The smallest absolute Gasteiger partial charge is 0.277 e. The van der Waals surface area contributed by atoms with Crippen LogP contribution in [0.1, 0.15) is 25.0 Å². The molecule has 0 radical (unpaired) electrons. The lowest BCUT2D eigenvalue weighted by Gasteiger charge is -2.30. The lowest BCUT2D eigenvalue weighted by atomic mass is 10.00. The molecule has 0 bridgehead atoms. The van der Waals surface area contributed by atoms with Crippen molar-refractivity contribution >= 4 is 17.7 Å². The summed E-state index contributed by atoms with van der Waals surface area (Å²) in [7, 11) is 0. The summed E-state index contributed by atoms with van der Waals surface area (Å²) in [6, 6.07) is 15.8. The number of carbonyl (C=O) groups is 1. The van der Waals surface area contributed by atoms with Gasteiger partial charge in [0.1, 0.15) is 5.75 Å². The summed E-state index contributed by atoms with van der Waals surface area (Å²) in [4.78, 5) is 14.8. The number of nitrogens with zero attached hydrogens (tertiary/aromatic N) is 3. The van der Waals surface area contributed by atoms with Crippen LogP contribution in [0.3, 0.4) is 0 Å². The van der Waals surface area contributed by atoms with E-state index in [1.165, 1.54) is 22.9 Å². The monoisotopic (exact) mass is 409 g/mol. The Kier molecular flexibility index (Phi) is 5.85. The van der Waals surface area contributed by atoms with Gasteiger partial charge in [0, 0.05) is 18.7 Å². The molecule has 0 fully saturated rings. The molecule has 0 saturated heterocycles. The van der Waals surface area contributed by atoms with Crippen molar-refractivity contribution in [2.24, 2.45) is 0 Å². The Balaban J connectivity index is 1.39. The lowest BCUT2D eigenvalue weighted by molar-refractivity contribution is -0.131. The van der Waals surface area contributed by atoms with E-state index in [2.05, 4.69) is 22.3 Å². The van der Waals surface area contributed by atoms with Gasteiger partial charge >= 0.3 is 0 Å². The number of ether oxygens (including phenoxy) is 1. The Morgan fingerprint density at radius 2 is 1.93 bits per heavy atom. The molecule has 6 nitrogen and oxygen atoms in total. The van der Waals surface area contributed by atoms with Crippen LogP contribution < -0.4 is 4.74 Å². The van der Waals surface area contributed by atoms with E-state index in [1.54, 1.807) is 0 Å². The maximum atomic E-state index is 12.9. The number of rotatable bonds is 6. The largest absolute Gasteiger partial charge is 0.494 e. The molecule has 0 spiro atoms. The lowest BCUT2D eigenvalue weighted by Crippen LogP contribution is -2.40. The highest BCUT2D eigenvalue weighted by atomic mass is 32.2. The molecule has 0 aliphatic carbocycles. The molecule has 1 aromatic heterocycles. The van der Waals surface area contributed by atoms with Gasteiger partial charge < -0.3 is 14.1 Å². The van der Waals surface area contributed by atoms with E-state index >= 15 is 0 Å². The van der Waals surface area contributed by atoms with Crippen molar-refractivity contribution in [3.8, 4) is 17.2 Å². The van der Waals surface area contributed by atoms with Gasteiger partial charge in [0.05, 0.1) is 11.9 Å². The number of amides is 1. The van der Waals surface area contributed by atoms with E-state index in [0.717, 1.165) is 24.3 Å². The number of benzene rings is 2. The molecule has 1 aliphatic rings. The molecule has 29 heavy (non-hydrogen) atoms. The van der Waals surface area contributed by atoms with Gasteiger partial charge in [0.25, 0.3) is 5.22 Å². The first-order valence-electron chi connectivity index (χ1n) is 9.73. The van der Waals surface area contributed by atoms with Crippen LogP contribution in [-0.4, -0.2) is 39.4 Å². The van der Waals surface area contributed by atoms with Crippen molar-refractivity contribution in [2.75, 3.05) is 13.2 Å². The zero-order valence-electron chi connectivity index (χ0n) is 16.5. The van der Waals surface area contributed by atoms with Gasteiger partial charge in [-0.3, -0.25) is 4.79 Å². The number of carbonyl (C=O) groups excluding carboxylic acids is 1. The van der Waals surface area contributed by atoms with Crippen molar-refractivity contribution in [3.05, 3.63) is 59.7 Å². The average molecular weight is 410 g/mol. The molecule has 2 aromatic carbocycles. The van der Waals surface area contributed by atoms with E-state index in [1.807, 2.05) is 55.1 Å². The van der Waals surface area contributed by atoms with E-state index in [0.29, 0.717) is 24.3 Å². The molecular weight excluding hydrogens is 386 g/mol. The van der Waals surface area contributed by atoms with E-state index in [4.69, 9.17) is 9.15 Å². The predicted octanol–water partition coefficient (Wildman–Crippen LogP) is 4.20. The third-order valence-corrected chi connectivity index (χ3v) is 5.81. The zero-order chi connectivity index (χ0) is 20.2. The minimum absolute atomic E-state index is 0.0883. The van der Waals surface area contributed by atoms with Crippen LogP contribution in [0.15, 0.2) is 58.2 Å². The minimum Gasteiger partial charge on any atom is -0.494 e. The molecule has 150 valence electrons. The van der Waals surface area contributed by atoms with Crippen molar-refractivity contribution in [2.45, 2.75) is 37.3 Å². The fraction of sp³-hybridized carbons (Fsp3) is 0.318. The number of aromatic nitrogens is 2. The second kappa shape index (κ2) is 8.69. The predicted molar refractivity (Wildman–Crippen MR) is 112 cm³/mol. The van der Waals surface area contributed by atoms with E-state index < -0.39 is 0 Å². The number of thioether (sulfide) groups is 1. The summed E-state index contributed by atoms with van der Waals surface area (Å²) in [5.41, 5.74) is 3.37. The van der Waals surface area contributed by atoms with Crippen LogP contribution in [0.25, 0.3) is 11.5 Å². The Morgan fingerprint density at radius 3 is 2.69 bits per heavy atom. The zero-order valence-corrected chi connectivity index (χ0v) is 17.3. The van der Waals surface area contributed by atoms with Gasteiger partial charge in [0.2, 0.25) is 11.8 Å². The molecule has 1 amide bonds. The maximum Gasteiger partial charge on any atom is 0.277 e. The first-order chi connectivity index (χ1) is 14.1. The molecule has 1 aliphatic heterocycles. The fourth-order valence-corrected chi connectivity index (χ4v) is 4.14. The van der Waals surface area contributed by atoms with Crippen LogP contribution in [0.2, 0.25) is 0 Å². The van der Waals surface area contributed by atoms with Crippen LogP contribution in [0.4, 0.5) is 0 Å². The minimum atomic E-state index is -0.297. The van der Waals surface area contributed by atoms with Gasteiger partial charge in [-0.2, -0.15) is 0 Å². The van der Waals surface area contributed by atoms with Gasteiger partial charge in [0.15, 0.2) is 0 Å². The van der Waals surface area contributed by atoms with Gasteiger partial charge in [-0.15, -0.1) is 10.2 Å². The highest BCUT2D eigenvalue weighted by molar-refractivity contribution is 8.00. The molecular formula is C22H23N3O3S. The van der Waals surface area contributed by atoms with Crippen LogP contribution in [0, 0.1) is 0 Å². The van der Waals surface area contributed by atoms with Crippen molar-refractivity contribution < 1.29 is 13.9 Å². The van der Waals surface area contributed by atoms with Crippen LogP contribution >= 0.6 is 11.8 Å². The van der Waals surface area contributed by atoms with Crippen LogP contribution in [-0.2, 0) is 17.8 Å². The first-order valence-corrected chi connectivity index (χ1v) is 10.6. The van der Waals surface area contributed by atoms with Crippen molar-refractivity contribution in [1.29, 1.82) is 0 Å². The molecule has 1 atom stereocenters. The van der Waals surface area contributed by atoms with Crippen molar-refractivity contribution in [1.82, 2.24) is 15.1 Å². The normalized spacial score (nSPS) is 14.3. The van der Waals surface area contributed by atoms with Gasteiger partial charge in [-0.25, -0.2) is 0 Å². The standard InChI is InChI=1S/C22H23N3O3S/c1-3-27-19-10-8-17(9-11-19)20-23-24-22(28-20)29-15(2)21(26)25-13-12-16-6-4-5-7-18(16)14-25/h4-11,15H,3,12-14H2,1-2H3/t15-/m0/s1. The van der Waals surface area contributed by atoms with Crippen LogP contribution in [0.5, 0.6) is 5.75 Å². The fourth-order valence-electron chi connectivity index (χ4n) is 3.38. The molecule has 0 saturated carbocycles. The Bertz CT molecular complexity index is 987. The molecule has 7 heteroatoms. The summed E-state index contributed by atoms with van der Waals surface area (Å²) in [6.07, 6.45) is 0.891. The summed E-state index contributed by atoms with van der Waals surface area (Å²) < 4.78 is 11.2. The third-order valence-electron chi connectivity index (χ3n) is 4.89. The number of hydrogen-bond donors (Lipinski definition) is 0. The second-order valence-electron chi connectivity index (χ2n) is 6.87. The summed E-state index contributed by atoms with van der Waals surface area (Å²) in [6.45, 7) is 5.84. The van der Waals surface area contributed by atoms with E-state index in [-0.39, 0.29) is 11.2 Å². The Morgan fingerprint density at radius 1 is 1.17 bits per heavy atom. The average Bonchev–Trinajstić information content (AvgIpc) is 3.22. The topological polar surface area (TPSA) is 68.5 Å². The Labute approximate surface area is 174 Å². The highest BCUT2D eigenvalue weighted by Crippen LogP contribution is 2.29. The maximum absolute atomic E-state index is 12.9. The second-order valence-corrected chi connectivity index (χ2v) is 8.16. The molecule has 0 unspecified atom stereocenters. The van der Waals surface area contributed by atoms with Gasteiger partial charge in [-0.1, -0.05) is 36.0 Å². The third kappa shape index (κ3) is 4.45.